The number of benzene rings is 1. The quantitative estimate of drug-likeness (QED) is 0.168. The van der Waals surface area contributed by atoms with Crippen molar-refractivity contribution in [2.75, 3.05) is 6.54 Å². The first-order valence-electron chi connectivity index (χ1n) is 16.5. The van der Waals surface area contributed by atoms with Gasteiger partial charge in [0.05, 0.1) is 6.04 Å². The van der Waals surface area contributed by atoms with Crippen molar-refractivity contribution in [3.8, 4) is 0 Å². The molecule has 1 aromatic rings. The summed E-state index contributed by atoms with van der Waals surface area (Å²) in [6.45, 7) is 0.500. The lowest BCUT2D eigenvalue weighted by atomic mass is 9.86. The van der Waals surface area contributed by atoms with Crippen LogP contribution in [0, 0.1) is 17.8 Å². The van der Waals surface area contributed by atoms with E-state index >= 15 is 0 Å². The van der Waals surface area contributed by atoms with E-state index in [2.05, 4.69) is 20.7 Å². The first kappa shape index (κ1) is 33.6. The minimum atomic E-state index is -1.13. The number of hydrogen-bond acceptors (Lipinski definition) is 7. The fourth-order valence-corrected chi connectivity index (χ4v) is 7.91. The van der Waals surface area contributed by atoms with E-state index in [9.17, 15) is 24.0 Å². The molecule has 1 aromatic carbocycles. The van der Waals surface area contributed by atoms with Crippen molar-refractivity contribution in [3.05, 3.63) is 34.9 Å². The summed E-state index contributed by atoms with van der Waals surface area (Å²) in [5.41, 5.74) is 1.10. The van der Waals surface area contributed by atoms with Gasteiger partial charge in [-0.25, -0.2) is 4.79 Å². The Labute approximate surface area is 274 Å². The number of carbonyl (C=O) groups is 5. The summed E-state index contributed by atoms with van der Waals surface area (Å²) in [5, 5.41) is 8.27. The average Bonchev–Trinajstić information content (AvgIpc) is 3.60. The Kier molecular flexibility index (Phi) is 12.1. The molecule has 246 valence electrons. The molecule has 4 aliphatic rings. The third-order valence-corrected chi connectivity index (χ3v) is 10.7. The fourth-order valence-electron chi connectivity index (χ4n) is 6.87. The highest BCUT2D eigenvalue weighted by Crippen LogP contribution is 2.33. The van der Waals surface area contributed by atoms with Gasteiger partial charge in [-0.1, -0.05) is 55.8 Å². The first-order valence-corrected chi connectivity index (χ1v) is 17.8. The number of ether oxygens (including phenoxy) is 1. The smallest absolute Gasteiger partial charge is 0.417 e. The molecule has 5 atom stereocenters. The van der Waals surface area contributed by atoms with Gasteiger partial charge in [-0.05, 0) is 93.3 Å². The molecule has 10 nitrogen and oxygen atoms in total. The Morgan fingerprint density at radius 2 is 1.78 bits per heavy atom. The van der Waals surface area contributed by atoms with Crippen LogP contribution < -0.4 is 20.7 Å². The second-order valence-corrected chi connectivity index (χ2v) is 14.5. The number of rotatable bonds is 14. The molecule has 45 heavy (non-hydrogen) atoms. The highest BCUT2D eigenvalue weighted by atomic mass is 35.5. The van der Waals surface area contributed by atoms with Crippen molar-refractivity contribution < 1.29 is 28.7 Å². The second kappa shape index (κ2) is 16.2. The van der Waals surface area contributed by atoms with Crippen LogP contribution in [0.5, 0.6) is 0 Å². The van der Waals surface area contributed by atoms with Gasteiger partial charge in [-0.3, -0.25) is 23.9 Å². The first-order chi connectivity index (χ1) is 21.7. The van der Waals surface area contributed by atoms with Crippen LogP contribution in [-0.2, 0) is 30.3 Å². The van der Waals surface area contributed by atoms with Crippen molar-refractivity contribution in [3.63, 3.8) is 0 Å². The summed E-state index contributed by atoms with van der Waals surface area (Å²) in [6, 6.07) is 6.58. The summed E-state index contributed by atoms with van der Waals surface area (Å²) >= 11 is 7.17. The maximum Gasteiger partial charge on any atom is 0.417 e. The SMILES string of the molecule is O=C(NS[C@@H](CC1CCCCC1)C(=O)N[C@@H](C[C@@H]1CCNC1=O)C(=O)C(=O)NC1CC1)OC1CCCC1Cc1cccc(Cl)c1. The van der Waals surface area contributed by atoms with E-state index in [1.54, 1.807) is 0 Å². The minimum absolute atomic E-state index is 0.0117. The summed E-state index contributed by atoms with van der Waals surface area (Å²) in [5.74, 6) is -2.05. The zero-order valence-electron chi connectivity index (χ0n) is 25.7. The third-order valence-electron chi connectivity index (χ3n) is 9.54. The van der Waals surface area contributed by atoms with Crippen LogP contribution in [0.4, 0.5) is 4.79 Å². The molecule has 4 fully saturated rings. The molecular formula is C33H45ClN4O6S. The Morgan fingerprint density at radius 1 is 0.978 bits per heavy atom. The van der Waals surface area contributed by atoms with E-state index in [1.165, 1.54) is 6.42 Å². The molecule has 1 saturated heterocycles. The van der Waals surface area contributed by atoms with Gasteiger partial charge in [0, 0.05) is 29.4 Å². The topological polar surface area (TPSA) is 143 Å². The van der Waals surface area contributed by atoms with Crippen molar-refractivity contribution in [2.24, 2.45) is 17.8 Å². The van der Waals surface area contributed by atoms with E-state index in [0.717, 1.165) is 81.7 Å². The number of nitrogens with one attached hydrogen (secondary N) is 4. The van der Waals surface area contributed by atoms with E-state index in [4.69, 9.17) is 16.3 Å². The molecule has 0 bridgehead atoms. The molecule has 1 aliphatic heterocycles. The third kappa shape index (κ3) is 10.1. The predicted octanol–water partition coefficient (Wildman–Crippen LogP) is 4.62. The Bertz CT molecular complexity index is 1240. The average molecular weight is 661 g/mol. The Hall–Kier alpha value is -2.79. The molecule has 12 heteroatoms. The Morgan fingerprint density at radius 3 is 2.49 bits per heavy atom. The second-order valence-electron chi connectivity index (χ2n) is 13.1. The van der Waals surface area contributed by atoms with Crippen LogP contribution in [-0.4, -0.2) is 59.6 Å². The minimum Gasteiger partial charge on any atom is -0.445 e. The predicted molar refractivity (Wildman–Crippen MR) is 172 cm³/mol. The lowest BCUT2D eigenvalue weighted by Gasteiger charge is -2.27. The van der Waals surface area contributed by atoms with E-state index in [0.29, 0.717) is 30.3 Å². The van der Waals surface area contributed by atoms with Crippen LogP contribution in [0.25, 0.3) is 0 Å². The molecular weight excluding hydrogens is 616 g/mol. The molecule has 5 rings (SSSR count). The van der Waals surface area contributed by atoms with E-state index in [1.807, 2.05) is 24.3 Å². The van der Waals surface area contributed by atoms with Crippen molar-refractivity contribution >= 4 is 53.1 Å². The molecule has 0 spiro atoms. The largest absolute Gasteiger partial charge is 0.445 e. The number of halogens is 1. The molecule has 3 saturated carbocycles. The maximum absolute atomic E-state index is 13.8. The number of carbonyl (C=O) groups excluding carboxylic acids is 5. The molecule has 0 radical (unpaired) electrons. The molecule has 4 N–H and O–H groups in total. The van der Waals surface area contributed by atoms with Crippen LogP contribution in [0.2, 0.25) is 5.02 Å². The van der Waals surface area contributed by atoms with Gasteiger partial charge < -0.3 is 20.7 Å². The van der Waals surface area contributed by atoms with Crippen LogP contribution in [0.3, 0.4) is 0 Å². The highest BCUT2D eigenvalue weighted by Gasteiger charge is 2.38. The van der Waals surface area contributed by atoms with Crippen molar-refractivity contribution in [1.82, 2.24) is 20.7 Å². The van der Waals surface area contributed by atoms with Gasteiger partial charge in [0.25, 0.3) is 5.91 Å². The lowest BCUT2D eigenvalue weighted by Crippen LogP contribution is -2.51. The summed E-state index contributed by atoms with van der Waals surface area (Å²) in [4.78, 5) is 65.0. The lowest BCUT2D eigenvalue weighted by molar-refractivity contribution is -0.140. The summed E-state index contributed by atoms with van der Waals surface area (Å²) in [7, 11) is 0. The van der Waals surface area contributed by atoms with Gasteiger partial charge in [-0.15, -0.1) is 0 Å². The molecule has 2 unspecified atom stereocenters. The van der Waals surface area contributed by atoms with Gasteiger partial charge in [0.15, 0.2) is 0 Å². The van der Waals surface area contributed by atoms with Gasteiger partial charge in [-0.2, -0.15) is 0 Å². The monoisotopic (exact) mass is 660 g/mol. The summed E-state index contributed by atoms with van der Waals surface area (Å²) < 4.78 is 8.61. The number of Topliss-reactive ketones (excluding diaryl/α,β-unsaturated/α-hetero) is 1. The van der Waals surface area contributed by atoms with Gasteiger partial charge >= 0.3 is 6.09 Å². The molecule has 3 aliphatic carbocycles. The van der Waals surface area contributed by atoms with Gasteiger partial charge in [0.2, 0.25) is 17.6 Å². The van der Waals surface area contributed by atoms with Crippen molar-refractivity contribution in [1.29, 1.82) is 0 Å². The summed E-state index contributed by atoms with van der Waals surface area (Å²) in [6.07, 6.45) is 10.7. The van der Waals surface area contributed by atoms with Crippen LogP contribution in [0.1, 0.15) is 89.0 Å². The number of amides is 4. The molecule has 1 heterocycles. The standard InChI is InChI=1S/C33H45ClN4O6S/c34-24-10-4-8-21(17-24)16-22-9-5-11-27(22)44-33(43)38-45-28(18-20-6-2-1-3-7-20)31(41)37-26(19-23-14-15-35-30(23)40)29(39)32(42)36-25-12-13-25/h4,8,10,17,20,22-23,25-28H,1-3,5-7,9,11-16,18-19H2,(H,35,40)(H,36,42)(H,37,41)(H,38,43)/t22?,23-,26-,27?,28-/m0/s1. The number of hydrogen-bond donors (Lipinski definition) is 4. The number of ketones is 1. The van der Waals surface area contributed by atoms with Gasteiger partial charge in [0.1, 0.15) is 11.4 Å². The van der Waals surface area contributed by atoms with Crippen LogP contribution >= 0.6 is 23.5 Å². The van der Waals surface area contributed by atoms with E-state index < -0.39 is 40.9 Å². The van der Waals surface area contributed by atoms with E-state index in [-0.39, 0.29) is 30.4 Å². The zero-order chi connectivity index (χ0) is 31.8. The van der Waals surface area contributed by atoms with Crippen molar-refractivity contribution in [2.45, 2.75) is 113 Å². The van der Waals surface area contributed by atoms with Crippen LogP contribution in [0.15, 0.2) is 24.3 Å². The maximum atomic E-state index is 13.8. The Balaban J connectivity index is 1.21. The zero-order valence-corrected chi connectivity index (χ0v) is 27.3. The highest BCUT2D eigenvalue weighted by molar-refractivity contribution is 7.99. The fraction of sp³-hybridized carbons (Fsp3) is 0.667. The molecule has 4 amide bonds. The molecule has 0 aromatic heterocycles. The normalized spacial score (nSPS) is 24.7.